The molecule has 0 spiro atoms. The number of phenolic OH excluding ortho intramolecular Hbond substituents is 1. The monoisotopic (exact) mass is 343 g/mol. The molecule has 0 saturated heterocycles. The van der Waals surface area contributed by atoms with Crippen molar-refractivity contribution in [2.24, 2.45) is 0 Å². The largest absolute Gasteiger partial charge is 0.507 e. The summed E-state index contributed by atoms with van der Waals surface area (Å²) in [5.74, 6) is 1.52. The van der Waals surface area contributed by atoms with E-state index in [-0.39, 0.29) is 5.75 Å². The van der Waals surface area contributed by atoms with E-state index in [1.54, 1.807) is 13.2 Å². The Kier molecular flexibility index (Phi) is 5.71. The first-order valence-electron chi connectivity index (χ1n) is 8.81. The van der Waals surface area contributed by atoms with Crippen LogP contribution in [-0.4, -0.2) is 35.6 Å². The van der Waals surface area contributed by atoms with Gasteiger partial charge in [0.1, 0.15) is 23.0 Å². The molecule has 2 N–H and O–H groups in total. The fourth-order valence-corrected chi connectivity index (χ4v) is 3.02. The molecular formula is C19H25N3O3. The van der Waals surface area contributed by atoms with Gasteiger partial charge in [0, 0.05) is 24.8 Å². The minimum atomic E-state index is 0.141. The van der Waals surface area contributed by atoms with E-state index in [2.05, 4.69) is 22.4 Å². The normalized spacial score (nSPS) is 13.8. The Balaban J connectivity index is 2.03. The average molecular weight is 343 g/mol. The molecule has 0 aliphatic carbocycles. The van der Waals surface area contributed by atoms with Gasteiger partial charge < -0.3 is 19.9 Å². The third-order valence-corrected chi connectivity index (χ3v) is 4.35. The number of fused-ring (bicyclic) bond motifs is 3. The predicted molar refractivity (Wildman–Crippen MR) is 97.1 cm³/mol. The summed E-state index contributed by atoms with van der Waals surface area (Å²) in [6.07, 6.45) is 3.96. The van der Waals surface area contributed by atoms with Gasteiger partial charge in [-0.15, -0.1) is 10.2 Å². The van der Waals surface area contributed by atoms with Gasteiger partial charge in [-0.2, -0.15) is 0 Å². The highest BCUT2D eigenvalue weighted by molar-refractivity contribution is 5.75. The van der Waals surface area contributed by atoms with E-state index in [0.29, 0.717) is 24.5 Å². The quantitative estimate of drug-likeness (QED) is 0.809. The lowest BCUT2D eigenvalue weighted by molar-refractivity contribution is 0.119. The fraction of sp³-hybridized carbons (Fsp3) is 0.474. The molecule has 3 rings (SSSR count). The van der Waals surface area contributed by atoms with Crippen molar-refractivity contribution in [3.8, 4) is 22.8 Å². The first-order chi connectivity index (χ1) is 12.2. The van der Waals surface area contributed by atoms with Crippen LogP contribution in [0.25, 0.3) is 11.3 Å². The highest BCUT2D eigenvalue weighted by Gasteiger charge is 2.20. The number of ether oxygens (including phenoxy) is 2. The van der Waals surface area contributed by atoms with Crippen molar-refractivity contribution in [2.75, 3.05) is 25.6 Å². The molecule has 1 aliphatic heterocycles. The van der Waals surface area contributed by atoms with Crippen LogP contribution in [0.15, 0.2) is 18.2 Å². The van der Waals surface area contributed by atoms with Gasteiger partial charge in [0.25, 0.3) is 0 Å². The number of rotatable bonds is 5. The summed E-state index contributed by atoms with van der Waals surface area (Å²) in [6.45, 7) is 4.12. The molecule has 6 nitrogen and oxygen atoms in total. The summed E-state index contributed by atoms with van der Waals surface area (Å²) in [4.78, 5) is 0. The fourth-order valence-electron chi connectivity index (χ4n) is 3.02. The number of aryl methyl sites for hydroxylation is 1. The number of unbranched alkanes of at least 4 members (excludes halogenated alkanes) is 1. The molecule has 1 aliphatic rings. The molecule has 25 heavy (non-hydrogen) atoms. The van der Waals surface area contributed by atoms with E-state index < -0.39 is 0 Å². The average Bonchev–Trinajstić information content (AvgIpc) is 2.70. The van der Waals surface area contributed by atoms with Gasteiger partial charge in [0.15, 0.2) is 0 Å². The molecule has 0 fully saturated rings. The number of hydrogen-bond acceptors (Lipinski definition) is 6. The number of hydrogen-bond donors (Lipinski definition) is 2. The molecule has 0 unspecified atom stereocenters. The van der Waals surface area contributed by atoms with Gasteiger partial charge in [-0.25, -0.2) is 0 Å². The van der Waals surface area contributed by atoms with Crippen molar-refractivity contribution in [1.29, 1.82) is 0 Å². The number of anilines is 1. The summed E-state index contributed by atoms with van der Waals surface area (Å²) in [5.41, 5.74) is 3.34. The van der Waals surface area contributed by atoms with Crippen LogP contribution in [0.4, 0.5) is 5.82 Å². The number of aromatic nitrogens is 2. The number of nitrogens with one attached hydrogen (secondary N) is 1. The van der Waals surface area contributed by atoms with Crippen molar-refractivity contribution in [3.63, 3.8) is 0 Å². The second kappa shape index (κ2) is 8.16. The highest BCUT2D eigenvalue weighted by Crippen LogP contribution is 2.38. The molecule has 0 atom stereocenters. The maximum Gasteiger partial charge on any atom is 0.148 e. The van der Waals surface area contributed by atoms with Crippen LogP contribution < -0.4 is 10.1 Å². The standard InChI is InChI=1S/C19H25N3O3/c1-3-4-7-20-17-10-13-6-5-8-25-12-14-9-15(24-2)11-16(23)18(14)19(13)22-21-17/h9-11,23H,3-8,12H2,1-2H3,(H,20,21). The van der Waals surface area contributed by atoms with Crippen LogP contribution in [-0.2, 0) is 17.8 Å². The van der Waals surface area contributed by atoms with Crippen molar-refractivity contribution >= 4 is 5.82 Å². The Morgan fingerprint density at radius 2 is 2.12 bits per heavy atom. The summed E-state index contributed by atoms with van der Waals surface area (Å²) in [7, 11) is 1.58. The van der Waals surface area contributed by atoms with E-state index in [4.69, 9.17) is 9.47 Å². The molecule has 2 aromatic rings. The van der Waals surface area contributed by atoms with Crippen LogP contribution in [0.5, 0.6) is 11.5 Å². The number of benzene rings is 1. The minimum absolute atomic E-state index is 0.141. The molecule has 1 aromatic heterocycles. The van der Waals surface area contributed by atoms with E-state index in [1.807, 2.05) is 12.1 Å². The topological polar surface area (TPSA) is 76.5 Å². The minimum Gasteiger partial charge on any atom is -0.507 e. The number of methoxy groups -OCH3 is 1. The molecule has 2 heterocycles. The zero-order chi connectivity index (χ0) is 17.6. The van der Waals surface area contributed by atoms with Crippen molar-refractivity contribution < 1.29 is 14.6 Å². The van der Waals surface area contributed by atoms with Crippen LogP contribution in [0.2, 0.25) is 0 Å². The maximum atomic E-state index is 10.5. The van der Waals surface area contributed by atoms with E-state index >= 15 is 0 Å². The molecule has 0 amide bonds. The highest BCUT2D eigenvalue weighted by atomic mass is 16.5. The van der Waals surface area contributed by atoms with Gasteiger partial charge in [-0.1, -0.05) is 13.3 Å². The first-order valence-corrected chi connectivity index (χ1v) is 8.81. The Morgan fingerprint density at radius 1 is 1.24 bits per heavy atom. The van der Waals surface area contributed by atoms with E-state index in [9.17, 15) is 5.11 Å². The third-order valence-electron chi connectivity index (χ3n) is 4.35. The maximum absolute atomic E-state index is 10.5. The second-order valence-electron chi connectivity index (χ2n) is 6.22. The Hall–Kier alpha value is -2.34. The molecular weight excluding hydrogens is 318 g/mol. The molecule has 0 radical (unpaired) electrons. The van der Waals surface area contributed by atoms with Crippen molar-refractivity contribution in [3.05, 3.63) is 29.3 Å². The molecule has 134 valence electrons. The Bertz CT molecular complexity index is 734. The molecule has 0 saturated carbocycles. The van der Waals surface area contributed by atoms with Crippen LogP contribution in [0.3, 0.4) is 0 Å². The molecule has 0 bridgehead atoms. The van der Waals surface area contributed by atoms with Crippen molar-refractivity contribution in [1.82, 2.24) is 10.2 Å². The molecule has 6 heteroatoms. The molecule has 1 aromatic carbocycles. The van der Waals surface area contributed by atoms with E-state index in [0.717, 1.165) is 54.9 Å². The smallest absolute Gasteiger partial charge is 0.148 e. The number of nitrogens with zero attached hydrogens (tertiary/aromatic N) is 2. The lowest BCUT2D eigenvalue weighted by Gasteiger charge is -2.15. The first kappa shape index (κ1) is 17.5. The Labute approximate surface area is 148 Å². The second-order valence-corrected chi connectivity index (χ2v) is 6.22. The van der Waals surface area contributed by atoms with Gasteiger partial charge in [0.05, 0.1) is 13.7 Å². The van der Waals surface area contributed by atoms with Gasteiger partial charge in [0.2, 0.25) is 0 Å². The van der Waals surface area contributed by atoms with Crippen LogP contribution >= 0.6 is 0 Å². The summed E-state index contributed by atoms with van der Waals surface area (Å²) < 4.78 is 11.0. The summed E-state index contributed by atoms with van der Waals surface area (Å²) >= 11 is 0. The zero-order valence-corrected chi connectivity index (χ0v) is 14.8. The van der Waals surface area contributed by atoms with Crippen LogP contribution in [0.1, 0.15) is 37.3 Å². The zero-order valence-electron chi connectivity index (χ0n) is 14.8. The summed E-state index contributed by atoms with van der Waals surface area (Å²) in [6, 6.07) is 5.53. The lowest BCUT2D eigenvalue weighted by atomic mass is 9.98. The number of phenols is 1. The van der Waals surface area contributed by atoms with Gasteiger partial charge in [-0.05, 0) is 42.5 Å². The van der Waals surface area contributed by atoms with Gasteiger partial charge >= 0.3 is 0 Å². The van der Waals surface area contributed by atoms with E-state index in [1.165, 1.54) is 0 Å². The van der Waals surface area contributed by atoms with Crippen LogP contribution in [0, 0.1) is 0 Å². The lowest BCUT2D eigenvalue weighted by Crippen LogP contribution is -2.07. The summed E-state index contributed by atoms with van der Waals surface area (Å²) in [5, 5.41) is 22.6. The third kappa shape index (κ3) is 4.02. The number of aromatic hydroxyl groups is 1. The van der Waals surface area contributed by atoms with Gasteiger partial charge in [-0.3, -0.25) is 0 Å². The van der Waals surface area contributed by atoms with Crippen molar-refractivity contribution in [2.45, 2.75) is 39.2 Å². The SMILES string of the molecule is CCCCNc1cc2c(nn1)-c1c(O)cc(OC)cc1COCCC2. The Morgan fingerprint density at radius 3 is 2.92 bits per heavy atom. The predicted octanol–water partition coefficient (Wildman–Crippen LogP) is 3.53.